The second-order valence-electron chi connectivity index (χ2n) is 5.83. The standard InChI is InChI=1S/C10H22O3.C8H18O3/c1-4-6-8-12-10(3,11)13-9-7-5-2;1-4-5-6-10-8(3)11-7(2)9/h11H,4-9H2,1-3H3;7-9H,4-6H2,1-3H3. The number of aliphatic hydroxyl groups excluding tert-OH is 1. The molecule has 2 atom stereocenters. The highest BCUT2D eigenvalue weighted by molar-refractivity contribution is 4.44. The smallest absolute Gasteiger partial charge is 0.277 e. The number of hydrogen-bond donors (Lipinski definition) is 2. The van der Waals surface area contributed by atoms with Gasteiger partial charge in [0, 0.05) is 13.5 Å². The predicted octanol–water partition coefficient (Wildman–Crippen LogP) is 3.79. The van der Waals surface area contributed by atoms with Crippen molar-refractivity contribution in [2.75, 3.05) is 19.8 Å². The molecule has 0 saturated heterocycles. The van der Waals surface area contributed by atoms with Gasteiger partial charge >= 0.3 is 0 Å². The number of rotatable bonds is 14. The van der Waals surface area contributed by atoms with Gasteiger partial charge in [0.25, 0.3) is 5.97 Å². The van der Waals surface area contributed by atoms with E-state index in [0.29, 0.717) is 19.8 Å². The van der Waals surface area contributed by atoms with Crippen molar-refractivity contribution < 1.29 is 29.2 Å². The summed E-state index contributed by atoms with van der Waals surface area (Å²) in [5.74, 6) is -1.40. The molecule has 148 valence electrons. The van der Waals surface area contributed by atoms with Gasteiger partial charge in [-0.1, -0.05) is 40.0 Å². The Morgan fingerprint density at radius 1 is 0.833 bits per heavy atom. The molecule has 0 saturated carbocycles. The fraction of sp³-hybridized carbons (Fsp3) is 1.00. The minimum absolute atomic E-state index is 0.304. The maximum Gasteiger partial charge on any atom is 0.277 e. The zero-order chi connectivity index (χ0) is 18.8. The van der Waals surface area contributed by atoms with Gasteiger partial charge in [0.05, 0.1) is 13.2 Å². The quantitative estimate of drug-likeness (QED) is 0.366. The van der Waals surface area contributed by atoms with Crippen LogP contribution in [0, 0.1) is 0 Å². The van der Waals surface area contributed by atoms with E-state index in [-0.39, 0.29) is 6.29 Å². The van der Waals surface area contributed by atoms with Gasteiger partial charge in [-0.2, -0.15) is 0 Å². The third-order valence-electron chi connectivity index (χ3n) is 2.97. The van der Waals surface area contributed by atoms with Crippen LogP contribution in [-0.4, -0.2) is 48.6 Å². The summed E-state index contributed by atoms with van der Waals surface area (Å²) in [6, 6.07) is 0. The van der Waals surface area contributed by atoms with Gasteiger partial charge in [0.1, 0.15) is 0 Å². The molecule has 6 heteroatoms. The first kappa shape index (κ1) is 26.0. The lowest BCUT2D eigenvalue weighted by atomic mass is 10.3. The topological polar surface area (TPSA) is 77.4 Å². The Balaban J connectivity index is 0. The van der Waals surface area contributed by atoms with Gasteiger partial charge in [0.15, 0.2) is 12.6 Å². The zero-order valence-electron chi connectivity index (χ0n) is 16.5. The van der Waals surface area contributed by atoms with Crippen molar-refractivity contribution in [3.05, 3.63) is 0 Å². The Morgan fingerprint density at radius 2 is 1.25 bits per heavy atom. The van der Waals surface area contributed by atoms with Crippen LogP contribution in [0.1, 0.15) is 80.1 Å². The molecule has 0 aromatic rings. The Kier molecular flexibility index (Phi) is 19.0. The van der Waals surface area contributed by atoms with Crippen molar-refractivity contribution in [3.8, 4) is 0 Å². The molecule has 2 N–H and O–H groups in total. The molecule has 0 amide bonds. The van der Waals surface area contributed by atoms with E-state index in [1.165, 1.54) is 0 Å². The first-order valence-electron chi connectivity index (χ1n) is 9.24. The van der Waals surface area contributed by atoms with Crippen molar-refractivity contribution in [1.82, 2.24) is 0 Å². The zero-order valence-corrected chi connectivity index (χ0v) is 16.5. The molecular formula is C18H40O6. The maximum atomic E-state index is 9.52. The molecule has 24 heavy (non-hydrogen) atoms. The fourth-order valence-electron chi connectivity index (χ4n) is 1.56. The Labute approximate surface area is 148 Å². The number of aliphatic hydroxyl groups is 2. The Bertz CT molecular complexity index is 234. The average Bonchev–Trinajstić information content (AvgIpc) is 2.48. The second kappa shape index (κ2) is 17.6. The minimum Gasteiger partial charge on any atom is -0.368 e. The highest BCUT2D eigenvalue weighted by Gasteiger charge is 2.20. The van der Waals surface area contributed by atoms with Gasteiger partial charge in [-0.3, -0.25) is 0 Å². The number of ether oxygens (including phenoxy) is 4. The minimum atomic E-state index is -1.40. The van der Waals surface area contributed by atoms with Gasteiger partial charge < -0.3 is 29.2 Å². The normalized spacial score (nSPS) is 14.0. The molecule has 0 aliphatic carbocycles. The number of unbranched alkanes of at least 4 members (excludes halogenated alkanes) is 3. The van der Waals surface area contributed by atoms with Crippen LogP contribution in [0.15, 0.2) is 0 Å². The highest BCUT2D eigenvalue weighted by Crippen LogP contribution is 2.09. The van der Waals surface area contributed by atoms with Crippen LogP contribution >= 0.6 is 0 Å². The lowest BCUT2D eigenvalue weighted by molar-refractivity contribution is -0.349. The monoisotopic (exact) mass is 352 g/mol. The molecule has 0 aromatic heterocycles. The van der Waals surface area contributed by atoms with E-state index in [1.807, 2.05) is 0 Å². The first-order chi connectivity index (χ1) is 11.3. The molecular weight excluding hydrogens is 312 g/mol. The van der Waals surface area contributed by atoms with E-state index in [2.05, 4.69) is 20.8 Å². The van der Waals surface area contributed by atoms with E-state index in [9.17, 15) is 5.11 Å². The average molecular weight is 353 g/mol. The van der Waals surface area contributed by atoms with Crippen LogP contribution in [0.4, 0.5) is 0 Å². The first-order valence-corrected chi connectivity index (χ1v) is 9.24. The maximum absolute atomic E-state index is 9.52. The van der Waals surface area contributed by atoms with Crippen molar-refractivity contribution in [1.29, 1.82) is 0 Å². The summed E-state index contributed by atoms with van der Waals surface area (Å²) in [6.07, 6.45) is 5.12. The molecule has 0 aliphatic rings. The highest BCUT2D eigenvalue weighted by atomic mass is 16.8. The lowest BCUT2D eigenvalue weighted by Gasteiger charge is -2.23. The van der Waals surface area contributed by atoms with Crippen molar-refractivity contribution in [3.63, 3.8) is 0 Å². The van der Waals surface area contributed by atoms with E-state index < -0.39 is 12.3 Å². The third-order valence-corrected chi connectivity index (χ3v) is 2.97. The number of hydrogen-bond acceptors (Lipinski definition) is 6. The predicted molar refractivity (Wildman–Crippen MR) is 95.4 cm³/mol. The van der Waals surface area contributed by atoms with Crippen LogP contribution in [0.3, 0.4) is 0 Å². The molecule has 0 rings (SSSR count). The molecule has 0 bridgehead atoms. The van der Waals surface area contributed by atoms with Crippen LogP contribution in [0.25, 0.3) is 0 Å². The summed E-state index contributed by atoms with van der Waals surface area (Å²) in [5.41, 5.74) is 0. The van der Waals surface area contributed by atoms with E-state index in [0.717, 1.165) is 38.5 Å². The molecule has 2 unspecified atom stereocenters. The van der Waals surface area contributed by atoms with Crippen molar-refractivity contribution in [2.24, 2.45) is 0 Å². The van der Waals surface area contributed by atoms with Crippen LogP contribution < -0.4 is 0 Å². The van der Waals surface area contributed by atoms with Crippen LogP contribution in [0.2, 0.25) is 0 Å². The van der Waals surface area contributed by atoms with Crippen LogP contribution in [0.5, 0.6) is 0 Å². The molecule has 0 aromatic carbocycles. The largest absolute Gasteiger partial charge is 0.368 e. The van der Waals surface area contributed by atoms with E-state index >= 15 is 0 Å². The summed E-state index contributed by atoms with van der Waals surface area (Å²) in [7, 11) is 0. The van der Waals surface area contributed by atoms with Crippen molar-refractivity contribution in [2.45, 2.75) is 98.6 Å². The van der Waals surface area contributed by atoms with Crippen molar-refractivity contribution >= 4 is 0 Å². The van der Waals surface area contributed by atoms with Gasteiger partial charge in [-0.15, -0.1) is 0 Å². The van der Waals surface area contributed by atoms with E-state index in [4.69, 9.17) is 24.1 Å². The SMILES string of the molecule is CCCCOC(C)(O)OCCCC.CCCCOC(C)OC(C)O. The van der Waals surface area contributed by atoms with Crippen LogP contribution in [-0.2, 0) is 18.9 Å². The Hall–Kier alpha value is -0.240. The summed E-state index contributed by atoms with van der Waals surface area (Å²) in [5, 5.41) is 18.3. The summed E-state index contributed by atoms with van der Waals surface area (Å²) in [4.78, 5) is 0. The molecule has 6 nitrogen and oxygen atoms in total. The summed E-state index contributed by atoms with van der Waals surface area (Å²) in [6.45, 7) is 12.9. The second-order valence-corrected chi connectivity index (χ2v) is 5.83. The molecule has 0 radical (unpaired) electrons. The van der Waals surface area contributed by atoms with Gasteiger partial charge in [-0.05, 0) is 33.1 Å². The fourth-order valence-corrected chi connectivity index (χ4v) is 1.56. The lowest BCUT2D eigenvalue weighted by Crippen LogP contribution is -2.32. The molecule has 0 heterocycles. The summed E-state index contributed by atoms with van der Waals surface area (Å²) >= 11 is 0. The summed E-state index contributed by atoms with van der Waals surface area (Å²) < 4.78 is 20.4. The van der Waals surface area contributed by atoms with Gasteiger partial charge in [0.2, 0.25) is 0 Å². The Morgan fingerprint density at radius 3 is 1.62 bits per heavy atom. The van der Waals surface area contributed by atoms with E-state index in [1.54, 1.807) is 20.8 Å². The molecule has 0 aliphatic heterocycles. The molecule has 0 fully saturated rings. The van der Waals surface area contributed by atoms with Gasteiger partial charge in [-0.25, -0.2) is 0 Å². The third kappa shape index (κ3) is 21.8. The molecule has 0 spiro atoms.